The second kappa shape index (κ2) is 7.86. The molecule has 0 unspecified atom stereocenters. The van der Waals surface area contributed by atoms with Crippen LogP contribution in [0.1, 0.15) is 32.6 Å². The maximum atomic E-state index is 12.4. The Labute approximate surface area is 160 Å². The van der Waals surface area contributed by atoms with Gasteiger partial charge < -0.3 is 5.32 Å². The predicted octanol–water partition coefficient (Wildman–Crippen LogP) is 1.13. The van der Waals surface area contributed by atoms with E-state index in [0.717, 1.165) is 12.8 Å². The van der Waals surface area contributed by atoms with E-state index in [0.29, 0.717) is 31.6 Å². The van der Waals surface area contributed by atoms with Gasteiger partial charge in [-0.3, -0.25) is 4.79 Å². The second-order valence-electron chi connectivity index (χ2n) is 7.14. The summed E-state index contributed by atoms with van der Waals surface area (Å²) in [6, 6.07) is 5.96. The van der Waals surface area contributed by atoms with Crippen LogP contribution in [0, 0.1) is 5.92 Å². The number of hydrogen-bond acceptors (Lipinski definition) is 5. The van der Waals surface area contributed by atoms with E-state index in [9.17, 15) is 21.6 Å². The maximum Gasteiger partial charge on any atom is 0.240 e. The van der Waals surface area contributed by atoms with Gasteiger partial charge in [-0.05, 0) is 55.9 Å². The molecular weight excluding hydrogens is 390 g/mol. The number of rotatable bonds is 7. The van der Waals surface area contributed by atoms with Crippen molar-refractivity contribution in [3.8, 4) is 0 Å². The van der Waals surface area contributed by atoms with E-state index in [1.807, 2.05) is 0 Å². The summed E-state index contributed by atoms with van der Waals surface area (Å²) in [4.78, 5) is 11.1. The van der Waals surface area contributed by atoms with Gasteiger partial charge in [-0.1, -0.05) is 0 Å². The molecule has 0 aromatic heterocycles. The maximum absolute atomic E-state index is 12.4. The van der Waals surface area contributed by atoms with Crippen LogP contribution in [0.25, 0.3) is 0 Å². The number of sulfonamides is 2. The zero-order valence-electron chi connectivity index (χ0n) is 15.2. The molecule has 0 atom stereocenters. The van der Waals surface area contributed by atoms with Crippen LogP contribution >= 0.6 is 0 Å². The molecule has 8 nitrogen and oxygen atoms in total. The summed E-state index contributed by atoms with van der Waals surface area (Å²) in [5, 5.41) is 2.39. The third-order valence-electron chi connectivity index (χ3n) is 4.93. The fraction of sp³-hybridized carbons (Fsp3) is 0.588. The van der Waals surface area contributed by atoms with E-state index in [4.69, 9.17) is 0 Å². The zero-order chi connectivity index (χ0) is 19.7. The number of piperidine rings is 1. The van der Waals surface area contributed by atoms with E-state index < -0.39 is 20.0 Å². The first-order valence-corrected chi connectivity index (χ1v) is 12.0. The molecule has 2 N–H and O–H groups in total. The van der Waals surface area contributed by atoms with Gasteiger partial charge in [-0.2, -0.15) is 0 Å². The summed E-state index contributed by atoms with van der Waals surface area (Å²) in [5.41, 5.74) is 0.533. The number of nitrogens with zero attached hydrogens (tertiary/aromatic N) is 1. The first-order valence-electron chi connectivity index (χ1n) is 9.05. The highest BCUT2D eigenvalue weighted by atomic mass is 32.2. The molecule has 1 heterocycles. The Morgan fingerprint density at radius 1 is 1.04 bits per heavy atom. The van der Waals surface area contributed by atoms with Gasteiger partial charge in [-0.25, -0.2) is 25.9 Å². The fourth-order valence-electron chi connectivity index (χ4n) is 3.18. The van der Waals surface area contributed by atoms with Crippen molar-refractivity contribution in [3.05, 3.63) is 24.3 Å². The number of carbonyl (C=O) groups is 1. The van der Waals surface area contributed by atoms with Crippen molar-refractivity contribution >= 4 is 31.6 Å². The van der Waals surface area contributed by atoms with E-state index in [-0.39, 0.29) is 28.5 Å². The molecule has 1 saturated heterocycles. The van der Waals surface area contributed by atoms with Crippen LogP contribution < -0.4 is 10.0 Å². The van der Waals surface area contributed by atoms with Crippen molar-refractivity contribution in [3.63, 3.8) is 0 Å². The summed E-state index contributed by atoms with van der Waals surface area (Å²) in [6.07, 6.45) is 2.80. The number of amides is 1. The lowest BCUT2D eigenvalue weighted by atomic mass is 9.99. The Morgan fingerprint density at radius 2 is 1.63 bits per heavy atom. The molecule has 1 amide bonds. The lowest BCUT2D eigenvalue weighted by Gasteiger charge is -2.31. The van der Waals surface area contributed by atoms with Crippen LogP contribution in [0.15, 0.2) is 29.2 Å². The zero-order valence-corrected chi connectivity index (χ0v) is 16.9. The molecule has 1 aliphatic carbocycles. The Morgan fingerprint density at radius 3 is 2.15 bits per heavy atom. The summed E-state index contributed by atoms with van der Waals surface area (Å²) in [6.45, 7) is 2.58. The second-order valence-corrected chi connectivity index (χ2v) is 11.1. The van der Waals surface area contributed by atoms with Crippen LogP contribution in [0.2, 0.25) is 0 Å². The van der Waals surface area contributed by atoms with Gasteiger partial charge in [0.15, 0.2) is 0 Å². The lowest BCUT2D eigenvalue weighted by Crippen LogP contribution is -2.42. The Balaban J connectivity index is 1.51. The summed E-state index contributed by atoms with van der Waals surface area (Å²) in [7, 11) is -6.79. The third-order valence-corrected chi connectivity index (χ3v) is 8.76. The van der Waals surface area contributed by atoms with Gasteiger partial charge in [0, 0.05) is 32.2 Å². The van der Waals surface area contributed by atoms with E-state index in [1.54, 1.807) is 4.31 Å². The van der Waals surface area contributed by atoms with E-state index in [1.165, 1.54) is 31.2 Å². The molecule has 0 radical (unpaired) electrons. The van der Waals surface area contributed by atoms with Crippen molar-refractivity contribution in [1.29, 1.82) is 0 Å². The summed E-state index contributed by atoms with van der Waals surface area (Å²) in [5.74, 6) is -0.108. The molecule has 1 aromatic carbocycles. The predicted molar refractivity (Wildman–Crippen MR) is 102 cm³/mol. The van der Waals surface area contributed by atoms with Crippen molar-refractivity contribution in [1.82, 2.24) is 9.03 Å². The fourth-order valence-corrected chi connectivity index (χ4v) is 6.17. The minimum Gasteiger partial charge on any atom is -0.326 e. The Kier molecular flexibility index (Phi) is 5.90. The lowest BCUT2D eigenvalue weighted by molar-refractivity contribution is -0.114. The van der Waals surface area contributed by atoms with Gasteiger partial charge in [-0.15, -0.1) is 0 Å². The SMILES string of the molecule is CC(=O)Nc1ccc(S(=O)(=O)NCC2CCN(S(=O)(=O)C3CC3)CC2)cc1. The number of carbonyl (C=O) groups excluding carboxylic acids is 1. The first-order chi connectivity index (χ1) is 12.7. The standard InChI is InChI=1S/C17H25N3O5S2/c1-13(21)19-15-2-4-16(5-3-15)26(22,23)18-12-14-8-10-20(11-9-14)27(24,25)17-6-7-17/h2-5,14,17-18H,6-12H2,1H3,(H,19,21). The minimum atomic E-state index is -3.64. The first kappa shape index (κ1) is 20.2. The van der Waals surface area contributed by atoms with Crippen LogP contribution in [-0.2, 0) is 24.8 Å². The van der Waals surface area contributed by atoms with E-state index in [2.05, 4.69) is 10.0 Å². The molecule has 2 aliphatic rings. The smallest absolute Gasteiger partial charge is 0.240 e. The molecule has 3 rings (SSSR count). The van der Waals surface area contributed by atoms with Crippen molar-refractivity contribution < 1.29 is 21.6 Å². The van der Waals surface area contributed by atoms with E-state index >= 15 is 0 Å². The topological polar surface area (TPSA) is 113 Å². The molecule has 1 aromatic rings. The molecular formula is C17H25N3O5S2. The molecule has 1 saturated carbocycles. The molecule has 10 heteroatoms. The van der Waals surface area contributed by atoms with Crippen molar-refractivity contribution in [2.24, 2.45) is 5.92 Å². The third kappa shape index (κ3) is 5.07. The number of anilines is 1. The Hall–Kier alpha value is -1.49. The molecule has 27 heavy (non-hydrogen) atoms. The molecule has 1 aliphatic heterocycles. The highest BCUT2D eigenvalue weighted by Crippen LogP contribution is 2.33. The van der Waals surface area contributed by atoms with Gasteiger partial charge in [0.1, 0.15) is 0 Å². The van der Waals surface area contributed by atoms with Crippen molar-refractivity contribution in [2.45, 2.75) is 42.8 Å². The highest BCUT2D eigenvalue weighted by molar-refractivity contribution is 7.90. The van der Waals surface area contributed by atoms with Crippen LogP contribution in [0.5, 0.6) is 0 Å². The van der Waals surface area contributed by atoms with Gasteiger partial charge >= 0.3 is 0 Å². The highest BCUT2D eigenvalue weighted by Gasteiger charge is 2.41. The monoisotopic (exact) mass is 415 g/mol. The van der Waals surface area contributed by atoms with Crippen LogP contribution in [0.3, 0.4) is 0 Å². The summed E-state index contributed by atoms with van der Waals surface area (Å²) >= 11 is 0. The number of benzene rings is 1. The number of nitrogens with one attached hydrogen (secondary N) is 2. The normalized spacial score (nSPS) is 19.7. The van der Waals surface area contributed by atoms with Gasteiger partial charge in [0.25, 0.3) is 0 Å². The molecule has 150 valence electrons. The Bertz CT molecular complexity index is 885. The number of hydrogen-bond donors (Lipinski definition) is 2. The van der Waals surface area contributed by atoms with Gasteiger partial charge in [0.05, 0.1) is 10.1 Å². The molecule has 2 fully saturated rings. The average Bonchev–Trinajstić information content (AvgIpc) is 3.46. The van der Waals surface area contributed by atoms with Crippen LogP contribution in [0.4, 0.5) is 5.69 Å². The molecule has 0 spiro atoms. The van der Waals surface area contributed by atoms with Crippen LogP contribution in [-0.4, -0.2) is 51.9 Å². The molecule has 0 bridgehead atoms. The quantitative estimate of drug-likeness (QED) is 0.693. The average molecular weight is 416 g/mol. The minimum absolute atomic E-state index is 0.115. The largest absolute Gasteiger partial charge is 0.326 e. The summed E-state index contributed by atoms with van der Waals surface area (Å²) < 4.78 is 53.5. The van der Waals surface area contributed by atoms with Crippen molar-refractivity contribution in [2.75, 3.05) is 25.0 Å². The van der Waals surface area contributed by atoms with Gasteiger partial charge in [0.2, 0.25) is 26.0 Å².